The summed E-state index contributed by atoms with van der Waals surface area (Å²) >= 11 is 0. The second kappa shape index (κ2) is 15.6. The van der Waals surface area contributed by atoms with Gasteiger partial charge in [0, 0.05) is 17.9 Å². The maximum atomic E-state index is 12.9. The van der Waals surface area contributed by atoms with Crippen LogP contribution in [0.1, 0.15) is 124 Å². The number of aromatic hydroxyl groups is 2. The van der Waals surface area contributed by atoms with E-state index in [2.05, 4.69) is 39.8 Å². The lowest BCUT2D eigenvalue weighted by atomic mass is 9.48. The van der Waals surface area contributed by atoms with Crippen molar-refractivity contribution < 1.29 is 38.7 Å². The van der Waals surface area contributed by atoms with Crippen molar-refractivity contribution in [1.29, 1.82) is 0 Å². The van der Waals surface area contributed by atoms with Gasteiger partial charge in [-0.3, -0.25) is 0 Å². The van der Waals surface area contributed by atoms with E-state index in [4.69, 9.17) is 23.4 Å². The third-order valence-electron chi connectivity index (χ3n) is 16.7. The first-order valence-corrected chi connectivity index (χ1v) is 23.3. The van der Waals surface area contributed by atoms with E-state index in [1.165, 1.54) is 57.8 Å². The van der Waals surface area contributed by atoms with Crippen molar-refractivity contribution in [3.05, 3.63) is 75.2 Å². The Balaban J connectivity index is 0.000000158. The van der Waals surface area contributed by atoms with Crippen molar-refractivity contribution in [3.63, 3.8) is 0 Å². The van der Waals surface area contributed by atoms with E-state index in [-0.39, 0.29) is 34.5 Å². The molecule has 2 saturated heterocycles. The van der Waals surface area contributed by atoms with Gasteiger partial charge < -0.3 is 38.7 Å². The predicted octanol–water partition coefficient (Wildman–Crippen LogP) is 11.3. The normalized spacial score (nSPS) is 36.2. The van der Waals surface area contributed by atoms with E-state index in [1.807, 2.05) is 39.8 Å². The number of allylic oxidation sites excluding steroid dienone is 4. The van der Waals surface area contributed by atoms with Gasteiger partial charge in [0.05, 0.1) is 31.5 Å². The summed E-state index contributed by atoms with van der Waals surface area (Å²) in [7, 11) is 1.52. The molecule has 3 aromatic rings. The van der Waals surface area contributed by atoms with Crippen LogP contribution in [-0.4, -0.2) is 52.6 Å². The van der Waals surface area contributed by atoms with Crippen molar-refractivity contribution in [2.45, 2.75) is 143 Å². The number of aliphatic hydroxyl groups is 1. The Bertz CT molecular complexity index is 2370. The van der Waals surface area contributed by atoms with E-state index in [0.29, 0.717) is 75.0 Å². The summed E-state index contributed by atoms with van der Waals surface area (Å²) in [5.41, 5.74) is 4.31. The number of rotatable bonds is 4. The molecule has 11 unspecified atom stereocenters. The summed E-state index contributed by atoms with van der Waals surface area (Å²) < 4.78 is 31.1. The zero-order valence-corrected chi connectivity index (χ0v) is 38.3. The fourth-order valence-electron chi connectivity index (χ4n) is 13.4. The largest absolute Gasteiger partial charge is 0.508 e. The third kappa shape index (κ3) is 6.95. The smallest absolute Gasteiger partial charge is 0.348 e. The van der Waals surface area contributed by atoms with Crippen LogP contribution in [0.25, 0.3) is 28.2 Å². The van der Waals surface area contributed by atoms with Gasteiger partial charge in [-0.05, 0) is 156 Å². The summed E-state index contributed by atoms with van der Waals surface area (Å²) in [5.74, 6) is 4.46. The molecule has 5 fully saturated rings. The molecule has 11 atom stereocenters. The van der Waals surface area contributed by atoms with Gasteiger partial charge in [-0.15, -0.1) is 0 Å². The molecule has 0 radical (unpaired) electrons. The number of aliphatic hydroxyl groups excluding tert-OH is 1. The molecule has 2 aromatic carbocycles. The van der Waals surface area contributed by atoms with Gasteiger partial charge >= 0.3 is 5.63 Å². The zero-order valence-electron chi connectivity index (χ0n) is 38.3. The number of fused-ring (bicyclic) bond motifs is 10. The number of benzene rings is 2. The van der Waals surface area contributed by atoms with Crippen molar-refractivity contribution in [3.8, 4) is 34.1 Å². The molecule has 4 aliphatic carbocycles. The molecule has 0 bridgehead atoms. The molecule has 10 rings (SSSR count). The van der Waals surface area contributed by atoms with Crippen LogP contribution >= 0.6 is 0 Å². The fourth-order valence-corrected chi connectivity index (χ4v) is 13.4. The Labute approximate surface area is 367 Å². The Morgan fingerprint density at radius 1 is 0.984 bits per heavy atom. The summed E-state index contributed by atoms with van der Waals surface area (Å²) in [6.45, 7) is 18.6. The number of ether oxygens (including phenoxy) is 4. The van der Waals surface area contributed by atoms with E-state index < -0.39 is 11.2 Å². The molecule has 4 heterocycles. The number of methoxy groups -OCH3 is 1. The minimum atomic E-state index is -0.694. The Kier molecular flexibility index (Phi) is 10.9. The van der Waals surface area contributed by atoms with Gasteiger partial charge in [-0.25, -0.2) is 4.79 Å². The van der Waals surface area contributed by atoms with Gasteiger partial charge in [0.15, 0.2) is 11.4 Å². The number of hydrogen-bond donors (Lipinski definition) is 3. The van der Waals surface area contributed by atoms with Gasteiger partial charge in [-0.1, -0.05) is 63.1 Å². The first-order valence-electron chi connectivity index (χ1n) is 23.3. The van der Waals surface area contributed by atoms with E-state index >= 15 is 0 Å². The predicted molar refractivity (Wildman–Crippen MR) is 242 cm³/mol. The van der Waals surface area contributed by atoms with Crippen molar-refractivity contribution in [1.82, 2.24) is 0 Å². The highest BCUT2D eigenvalue weighted by Gasteiger charge is 2.68. The lowest BCUT2D eigenvalue weighted by Gasteiger charge is -2.57. The van der Waals surface area contributed by atoms with Gasteiger partial charge in [0.2, 0.25) is 0 Å². The first-order chi connectivity index (χ1) is 29.4. The van der Waals surface area contributed by atoms with Gasteiger partial charge in [0.1, 0.15) is 39.5 Å². The van der Waals surface area contributed by atoms with Crippen molar-refractivity contribution in [2.24, 2.45) is 46.3 Å². The second-order valence-electron chi connectivity index (χ2n) is 21.3. The van der Waals surface area contributed by atoms with E-state index in [9.17, 15) is 20.1 Å². The Hall–Kier alpha value is -4.05. The molecule has 3 saturated carbocycles. The number of phenolic OH excluding ortho intramolecular Hbond substituents is 1. The Morgan fingerprint density at radius 2 is 1.74 bits per heavy atom. The van der Waals surface area contributed by atoms with Crippen LogP contribution in [0, 0.1) is 46.3 Å². The number of hydrogen-bond acceptors (Lipinski definition) is 9. The summed E-state index contributed by atoms with van der Waals surface area (Å²) in [6, 6.07) is 5.99. The second-order valence-corrected chi connectivity index (χ2v) is 21.3. The van der Waals surface area contributed by atoms with Crippen LogP contribution in [0.2, 0.25) is 0 Å². The number of phenols is 1. The van der Waals surface area contributed by atoms with Crippen molar-refractivity contribution >= 4 is 17.0 Å². The highest BCUT2D eigenvalue weighted by Crippen LogP contribution is 2.70. The SMILES string of the molecule is CC1CCC2(OC1)OC1CC3C4CCC5CC(O)CCC5(C)C4=CCC3(C)C1C2C.COc1c(CC=C(C)C)c2c(c3oc(=O)c(-c4ccc(O)cc4)c(O)c13)C=CC(C)(C)O2. The maximum Gasteiger partial charge on any atom is 0.348 e. The third-order valence-corrected chi connectivity index (χ3v) is 16.7. The lowest BCUT2D eigenvalue weighted by Crippen LogP contribution is -2.50. The van der Waals surface area contributed by atoms with Crippen LogP contribution < -0.4 is 15.1 Å². The van der Waals surface area contributed by atoms with Crippen LogP contribution in [0.5, 0.6) is 23.0 Å². The maximum absolute atomic E-state index is 12.9. The minimum absolute atomic E-state index is 0.00458. The first kappa shape index (κ1) is 43.2. The van der Waals surface area contributed by atoms with Crippen LogP contribution in [-0.2, 0) is 15.9 Å². The highest BCUT2D eigenvalue weighted by atomic mass is 16.7. The molecule has 9 nitrogen and oxygen atoms in total. The quantitative estimate of drug-likeness (QED) is 0.174. The van der Waals surface area contributed by atoms with E-state index in [1.54, 1.807) is 17.7 Å². The van der Waals surface area contributed by atoms with Gasteiger partial charge in [0.25, 0.3) is 0 Å². The summed E-state index contributed by atoms with van der Waals surface area (Å²) in [6.07, 6.45) is 19.9. The molecule has 0 amide bonds. The van der Waals surface area contributed by atoms with Crippen LogP contribution in [0.3, 0.4) is 0 Å². The molecule has 9 heteroatoms. The molecule has 3 aliphatic heterocycles. The monoisotopic (exact) mass is 848 g/mol. The minimum Gasteiger partial charge on any atom is -0.508 e. The Morgan fingerprint density at radius 3 is 2.44 bits per heavy atom. The molecule has 3 N–H and O–H groups in total. The van der Waals surface area contributed by atoms with Crippen LogP contribution in [0.15, 0.2) is 62.9 Å². The average Bonchev–Trinajstić information content (AvgIpc) is 3.67. The average molecular weight is 849 g/mol. The van der Waals surface area contributed by atoms with Crippen LogP contribution in [0.4, 0.5) is 0 Å². The summed E-state index contributed by atoms with van der Waals surface area (Å²) in [4.78, 5) is 12.9. The standard InChI is InChI=1S/C27H42O3.C26H26O6/c1-16-7-12-27(29-15-16)17(2)24-23(30-27)14-22-20-6-5-18-13-19(28)8-10-25(18,3)21(20)9-11-26(22,24)4;1-14(2)6-11-17-22-18(12-13-26(3,4)32-22)24-20(23(17)30-5)21(28)19(25(29)31-24)15-7-9-16(27)10-8-15/h9,16-20,22-24,28H,5-8,10-15H2,1-4H3;6-10,12-13,27-28H,11H2,1-5H3. The molecule has 7 aliphatic rings. The topological polar surface area (TPSA) is 128 Å². The fraction of sp³-hybridized carbons (Fsp3) is 0.604. The van der Waals surface area contributed by atoms with Gasteiger partial charge in [-0.2, -0.15) is 0 Å². The molecule has 334 valence electrons. The molecule has 62 heavy (non-hydrogen) atoms. The zero-order chi connectivity index (χ0) is 44.1. The molecular weight excluding hydrogens is 781 g/mol. The highest BCUT2D eigenvalue weighted by molar-refractivity contribution is 6.02. The summed E-state index contributed by atoms with van der Waals surface area (Å²) in [5, 5.41) is 31.5. The molecule has 1 aromatic heterocycles. The van der Waals surface area contributed by atoms with Crippen molar-refractivity contribution in [2.75, 3.05) is 13.7 Å². The molecule has 1 spiro atoms. The molecular formula is C53H68O9. The lowest BCUT2D eigenvalue weighted by molar-refractivity contribution is -0.272. The van der Waals surface area contributed by atoms with E-state index in [0.717, 1.165) is 48.8 Å².